The molecule has 0 fully saturated rings. The highest BCUT2D eigenvalue weighted by Crippen LogP contribution is 2.19. The van der Waals surface area contributed by atoms with Crippen LogP contribution in [0.25, 0.3) is 11.2 Å². The van der Waals surface area contributed by atoms with Crippen LogP contribution in [-0.2, 0) is 20.1 Å². The number of alkyl halides is 1. The highest BCUT2D eigenvalue weighted by atomic mass is 79.9. The van der Waals surface area contributed by atoms with Crippen LogP contribution in [0.15, 0.2) is 38.6 Å². The third kappa shape index (κ3) is 3.70. The van der Waals surface area contributed by atoms with E-state index in [9.17, 15) is 19.5 Å². The van der Waals surface area contributed by atoms with Crippen molar-refractivity contribution >= 4 is 48.8 Å². The van der Waals surface area contributed by atoms with Gasteiger partial charge in [0.05, 0.1) is 12.1 Å². The molecule has 2 aromatic heterocycles. The number of carbonyl (C=O) groups excluding carboxylic acids is 1. The molecule has 1 atom stereocenters. The van der Waals surface area contributed by atoms with Gasteiger partial charge in [-0.2, -0.15) is 0 Å². The lowest BCUT2D eigenvalue weighted by atomic mass is 10.1. The van der Waals surface area contributed by atoms with Crippen molar-refractivity contribution in [3.63, 3.8) is 0 Å². The van der Waals surface area contributed by atoms with Crippen molar-refractivity contribution in [3.8, 4) is 5.75 Å². The average molecular weight is 514 g/mol. The number of para-hydroxylation sites is 1. The summed E-state index contributed by atoms with van der Waals surface area (Å²) >= 11 is 6.82. The molecule has 0 bridgehead atoms. The Morgan fingerprint density at radius 1 is 1.25 bits per heavy atom. The number of imidazole rings is 1. The molecule has 2 heterocycles. The Morgan fingerprint density at radius 3 is 2.57 bits per heavy atom. The number of aryl methyl sites for hydroxylation is 2. The van der Waals surface area contributed by atoms with E-state index in [4.69, 9.17) is 0 Å². The van der Waals surface area contributed by atoms with Gasteiger partial charge in [-0.25, -0.2) is 9.78 Å². The Hall–Kier alpha value is -2.20. The second-order valence-corrected chi connectivity index (χ2v) is 8.72. The molecular formula is C18H18Br2N4O4. The summed E-state index contributed by atoms with van der Waals surface area (Å²) in [6.07, 6.45) is 0.739. The van der Waals surface area contributed by atoms with Gasteiger partial charge >= 0.3 is 5.69 Å². The number of Topliss-reactive ketones (excluding diaryl/α,β-unsaturated/α-hetero) is 1. The van der Waals surface area contributed by atoms with E-state index < -0.39 is 23.6 Å². The fourth-order valence-corrected chi connectivity index (χ4v) is 3.66. The van der Waals surface area contributed by atoms with E-state index in [1.54, 1.807) is 16.7 Å². The number of aromatic nitrogens is 4. The van der Waals surface area contributed by atoms with Gasteiger partial charge in [0.15, 0.2) is 21.7 Å². The molecule has 0 aliphatic rings. The Morgan fingerprint density at radius 2 is 1.93 bits per heavy atom. The number of halogens is 2. The van der Waals surface area contributed by atoms with Gasteiger partial charge in [0.1, 0.15) is 5.75 Å². The molecule has 3 aromatic rings. The molecule has 3 rings (SSSR count). The minimum Gasteiger partial charge on any atom is -0.507 e. The molecule has 0 aliphatic carbocycles. The van der Waals surface area contributed by atoms with E-state index >= 15 is 0 Å². The zero-order valence-electron chi connectivity index (χ0n) is 15.2. The van der Waals surface area contributed by atoms with Crippen molar-refractivity contribution in [1.82, 2.24) is 18.7 Å². The second-order valence-electron chi connectivity index (χ2n) is 6.45. The predicted molar refractivity (Wildman–Crippen MR) is 112 cm³/mol. The number of benzene rings is 1. The van der Waals surface area contributed by atoms with Gasteiger partial charge in [0.25, 0.3) is 5.56 Å². The summed E-state index contributed by atoms with van der Waals surface area (Å²) in [6.45, 7) is 2.02. The number of nitrogens with zero attached hydrogens (tertiary/aromatic N) is 4. The van der Waals surface area contributed by atoms with Crippen LogP contribution in [0.1, 0.15) is 23.7 Å². The van der Waals surface area contributed by atoms with E-state index in [0.717, 1.165) is 11.0 Å². The smallest absolute Gasteiger partial charge is 0.332 e. The Labute approximate surface area is 176 Å². The van der Waals surface area contributed by atoms with Crippen molar-refractivity contribution in [2.45, 2.75) is 31.3 Å². The maximum absolute atomic E-state index is 13.1. The third-order valence-electron chi connectivity index (χ3n) is 4.44. The summed E-state index contributed by atoms with van der Waals surface area (Å²) in [4.78, 5) is 42.9. The van der Waals surface area contributed by atoms with E-state index in [0.29, 0.717) is 11.3 Å². The van der Waals surface area contributed by atoms with Crippen LogP contribution >= 0.6 is 31.9 Å². The van der Waals surface area contributed by atoms with Gasteiger partial charge in [0.2, 0.25) is 0 Å². The minimum atomic E-state index is -0.646. The van der Waals surface area contributed by atoms with Crippen molar-refractivity contribution in [3.05, 3.63) is 55.4 Å². The molecule has 0 aliphatic heterocycles. The summed E-state index contributed by atoms with van der Waals surface area (Å²) in [6, 6.07) is 6.02. The Kier molecular flexibility index (Phi) is 5.90. The van der Waals surface area contributed by atoms with Crippen molar-refractivity contribution in [1.29, 1.82) is 0 Å². The predicted octanol–water partition coefficient (Wildman–Crippen LogP) is 2.42. The van der Waals surface area contributed by atoms with Gasteiger partial charge in [0, 0.05) is 18.4 Å². The number of aromatic hydroxyl groups is 1. The molecule has 0 spiro atoms. The van der Waals surface area contributed by atoms with Crippen LogP contribution in [0, 0.1) is 0 Å². The van der Waals surface area contributed by atoms with Crippen molar-refractivity contribution in [2.24, 2.45) is 7.05 Å². The number of rotatable bonds is 6. The van der Waals surface area contributed by atoms with E-state index in [2.05, 4.69) is 36.8 Å². The van der Waals surface area contributed by atoms with E-state index in [-0.39, 0.29) is 27.3 Å². The summed E-state index contributed by atoms with van der Waals surface area (Å²) < 4.78 is 4.25. The van der Waals surface area contributed by atoms with Crippen LogP contribution in [0.5, 0.6) is 5.75 Å². The Balaban J connectivity index is 2.14. The van der Waals surface area contributed by atoms with Crippen LogP contribution < -0.4 is 11.2 Å². The Bertz CT molecular complexity index is 1180. The number of phenols is 1. The number of ketones is 1. The fraction of sp³-hybridized carbons (Fsp3) is 0.333. The monoisotopic (exact) mass is 512 g/mol. The second kappa shape index (κ2) is 8.04. The van der Waals surface area contributed by atoms with E-state index in [1.165, 1.54) is 23.7 Å². The summed E-state index contributed by atoms with van der Waals surface area (Å²) in [5, 5.41) is 9.88. The van der Waals surface area contributed by atoms with Crippen LogP contribution in [0.3, 0.4) is 0 Å². The molecule has 0 amide bonds. The minimum absolute atomic E-state index is 0.0550. The first-order chi connectivity index (χ1) is 13.2. The molecular weight excluding hydrogens is 496 g/mol. The van der Waals surface area contributed by atoms with Gasteiger partial charge in [-0.3, -0.25) is 18.7 Å². The lowest BCUT2D eigenvalue weighted by Crippen LogP contribution is -2.41. The van der Waals surface area contributed by atoms with Crippen molar-refractivity contribution < 1.29 is 9.90 Å². The average Bonchev–Trinajstić information content (AvgIpc) is 2.98. The molecule has 1 N–H and O–H groups in total. The van der Waals surface area contributed by atoms with Gasteiger partial charge in [-0.1, -0.05) is 35.0 Å². The first-order valence-corrected chi connectivity index (χ1v) is 10.2. The standard InChI is InChI=1S/C18H18Br2N4O4/c1-10(19)7-8-23-14-15(21-17(23)20)22(2)18(28)24(16(14)27)9-13(26)11-5-3-4-6-12(11)25/h3-6,10,25H,7-9H2,1-2H3. The highest BCUT2D eigenvalue weighted by Gasteiger charge is 2.21. The third-order valence-corrected chi connectivity index (χ3v) is 5.51. The van der Waals surface area contributed by atoms with Gasteiger partial charge in [-0.15, -0.1) is 0 Å². The molecule has 1 aromatic carbocycles. The summed E-state index contributed by atoms with van der Waals surface area (Å²) in [5.41, 5.74) is -0.698. The number of carbonyl (C=O) groups is 1. The van der Waals surface area contributed by atoms with Gasteiger partial charge in [-0.05, 0) is 34.5 Å². The van der Waals surface area contributed by atoms with Crippen LogP contribution in [0.4, 0.5) is 0 Å². The molecule has 1 unspecified atom stereocenters. The zero-order chi connectivity index (χ0) is 20.6. The number of hydrogen-bond donors (Lipinski definition) is 1. The molecule has 148 valence electrons. The number of hydrogen-bond acceptors (Lipinski definition) is 5. The van der Waals surface area contributed by atoms with Crippen LogP contribution in [0.2, 0.25) is 0 Å². The first-order valence-electron chi connectivity index (χ1n) is 8.53. The molecule has 0 saturated heterocycles. The zero-order valence-corrected chi connectivity index (χ0v) is 18.4. The van der Waals surface area contributed by atoms with Gasteiger partial charge < -0.3 is 9.67 Å². The summed E-state index contributed by atoms with van der Waals surface area (Å²) in [7, 11) is 1.50. The molecule has 0 saturated carbocycles. The van der Waals surface area contributed by atoms with Crippen LogP contribution in [-0.4, -0.2) is 34.4 Å². The largest absolute Gasteiger partial charge is 0.507 e. The van der Waals surface area contributed by atoms with Crippen molar-refractivity contribution in [2.75, 3.05) is 0 Å². The number of phenolic OH excluding ortho intramolecular Hbond substituents is 1. The summed E-state index contributed by atoms with van der Waals surface area (Å²) in [5.74, 6) is -0.728. The SMILES string of the molecule is CC(Br)CCn1c(Br)nc2c1c(=O)n(CC(=O)c1ccccc1O)c(=O)n2C. The first kappa shape index (κ1) is 20.5. The fourth-order valence-electron chi connectivity index (χ4n) is 2.93. The lowest BCUT2D eigenvalue weighted by molar-refractivity contribution is 0.0966. The normalized spacial score (nSPS) is 12.4. The molecule has 0 radical (unpaired) electrons. The van der Waals surface area contributed by atoms with E-state index in [1.807, 2.05) is 6.92 Å². The quantitative estimate of drug-likeness (QED) is 0.310. The lowest BCUT2D eigenvalue weighted by Gasteiger charge is -2.11. The topological polar surface area (TPSA) is 99.1 Å². The highest BCUT2D eigenvalue weighted by molar-refractivity contribution is 9.10. The number of fused-ring (bicyclic) bond motifs is 1. The molecule has 10 heteroatoms. The maximum Gasteiger partial charge on any atom is 0.332 e. The molecule has 8 nitrogen and oxygen atoms in total. The maximum atomic E-state index is 13.1. The molecule has 28 heavy (non-hydrogen) atoms.